The summed E-state index contributed by atoms with van der Waals surface area (Å²) in [7, 11) is 0. The fourth-order valence-electron chi connectivity index (χ4n) is 4.43. The normalized spacial score (nSPS) is 18.5. The molecule has 0 bridgehead atoms. The predicted molar refractivity (Wildman–Crippen MR) is 138 cm³/mol. The molecule has 2 aromatic carbocycles. The highest BCUT2D eigenvalue weighted by atomic mass is 19.4. The van der Waals surface area contributed by atoms with Crippen LogP contribution < -0.4 is 10.1 Å². The number of para-hydroxylation sites is 1. The highest BCUT2D eigenvalue weighted by Gasteiger charge is 2.47. The molecule has 1 fully saturated rings. The number of allylic oxidation sites excluding steroid dienone is 2. The highest BCUT2D eigenvalue weighted by Crippen LogP contribution is 2.44. The monoisotopic (exact) mass is 576 g/mol. The van der Waals surface area contributed by atoms with Crippen molar-refractivity contribution in [3.05, 3.63) is 92.3 Å². The van der Waals surface area contributed by atoms with Crippen LogP contribution in [0.5, 0.6) is 5.75 Å². The van der Waals surface area contributed by atoms with E-state index in [-0.39, 0.29) is 42.6 Å². The number of non-ortho nitro benzene ring substituents is 1. The van der Waals surface area contributed by atoms with Gasteiger partial charge in [-0.3, -0.25) is 10.1 Å². The Labute approximate surface area is 232 Å². The van der Waals surface area contributed by atoms with E-state index in [1.807, 2.05) is 0 Å². The summed E-state index contributed by atoms with van der Waals surface area (Å²) in [6, 6.07) is 11.8. The molecule has 0 aliphatic carbocycles. The lowest BCUT2D eigenvalue weighted by molar-refractivity contribution is -0.384. The number of dihydropyridines is 1. The standard InChI is InChI=1S/C28H27F3N2O8/c1-3-38-27(35)24-23(18-8-6-9-19(13-18)33(36)37)22(16(2)32-25(24)28(29,30)31)26(34)39-12-11-17-7-4-5-10-21(17)41-15-20-14-40-20/h4-10,13,20,23,32H,3,11-12,14-15H2,1-2H3. The maximum absolute atomic E-state index is 14.1. The number of benzene rings is 2. The van der Waals surface area contributed by atoms with E-state index in [0.717, 1.165) is 17.7 Å². The van der Waals surface area contributed by atoms with Crippen molar-refractivity contribution in [2.45, 2.75) is 38.5 Å². The zero-order valence-electron chi connectivity index (χ0n) is 22.2. The Morgan fingerprint density at radius 2 is 1.80 bits per heavy atom. The van der Waals surface area contributed by atoms with Gasteiger partial charge in [0, 0.05) is 24.3 Å². The van der Waals surface area contributed by atoms with Crippen LogP contribution in [-0.2, 0) is 30.2 Å². The zero-order chi connectivity index (χ0) is 29.7. The van der Waals surface area contributed by atoms with E-state index >= 15 is 0 Å². The van der Waals surface area contributed by atoms with Crippen LogP contribution in [0.2, 0.25) is 0 Å². The van der Waals surface area contributed by atoms with E-state index in [9.17, 15) is 32.9 Å². The van der Waals surface area contributed by atoms with Gasteiger partial charge < -0.3 is 24.3 Å². The Kier molecular flexibility index (Phi) is 8.96. The molecule has 0 aromatic heterocycles. The quantitative estimate of drug-likeness (QED) is 0.178. The predicted octanol–water partition coefficient (Wildman–Crippen LogP) is 4.50. The molecule has 2 unspecified atom stereocenters. The first kappa shape index (κ1) is 29.6. The molecule has 218 valence electrons. The summed E-state index contributed by atoms with van der Waals surface area (Å²) in [5, 5.41) is 13.6. The molecule has 1 saturated heterocycles. The van der Waals surface area contributed by atoms with Crippen LogP contribution in [-0.4, -0.2) is 55.6 Å². The summed E-state index contributed by atoms with van der Waals surface area (Å²) in [6.07, 6.45) is -4.78. The molecule has 0 saturated carbocycles. The Bertz CT molecular complexity index is 1400. The van der Waals surface area contributed by atoms with Crippen LogP contribution >= 0.6 is 0 Å². The number of nitrogens with zero attached hydrogens (tertiary/aromatic N) is 1. The van der Waals surface area contributed by atoms with Gasteiger partial charge in [0.2, 0.25) is 0 Å². The molecule has 0 radical (unpaired) electrons. The molecule has 2 aliphatic heterocycles. The number of nitrogens with one attached hydrogen (secondary N) is 1. The van der Waals surface area contributed by atoms with Gasteiger partial charge in [-0.2, -0.15) is 13.2 Å². The van der Waals surface area contributed by atoms with E-state index in [1.165, 1.54) is 26.0 Å². The summed E-state index contributed by atoms with van der Waals surface area (Å²) in [4.78, 5) is 37.1. The summed E-state index contributed by atoms with van der Waals surface area (Å²) in [5.74, 6) is -3.41. The van der Waals surface area contributed by atoms with E-state index < -0.39 is 45.9 Å². The maximum Gasteiger partial charge on any atom is 0.431 e. The molecule has 4 rings (SSSR count). The first-order chi connectivity index (χ1) is 19.5. The van der Waals surface area contributed by atoms with Crippen LogP contribution in [0.1, 0.15) is 30.9 Å². The van der Waals surface area contributed by atoms with Crippen molar-refractivity contribution >= 4 is 17.6 Å². The molecule has 2 atom stereocenters. The molecule has 13 heteroatoms. The van der Waals surface area contributed by atoms with E-state index in [1.54, 1.807) is 24.3 Å². The molecule has 2 aliphatic rings. The van der Waals surface area contributed by atoms with Crippen LogP contribution in [0.25, 0.3) is 0 Å². The summed E-state index contributed by atoms with van der Waals surface area (Å²) < 4.78 is 63.7. The molecule has 0 spiro atoms. The molecule has 0 amide bonds. The third-order valence-corrected chi connectivity index (χ3v) is 6.38. The van der Waals surface area contributed by atoms with Gasteiger partial charge in [-0.15, -0.1) is 0 Å². The topological polar surface area (TPSA) is 130 Å². The number of halogens is 3. The zero-order valence-corrected chi connectivity index (χ0v) is 22.2. The van der Waals surface area contributed by atoms with E-state index in [2.05, 4.69) is 5.32 Å². The number of alkyl halides is 3. The third kappa shape index (κ3) is 7.04. The first-order valence-electron chi connectivity index (χ1n) is 12.7. The largest absolute Gasteiger partial charge is 0.491 e. The molecule has 2 heterocycles. The van der Waals surface area contributed by atoms with Crippen molar-refractivity contribution in [3.8, 4) is 5.75 Å². The van der Waals surface area contributed by atoms with Crippen LogP contribution in [0.3, 0.4) is 0 Å². The number of hydrogen-bond donors (Lipinski definition) is 1. The lowest BCUT2D eigenvalue weighted by Crippen LogP contribution is -2.38. The Balaban J connectivity index is 1.66. The van der Waals surface area contributed by atoms with Gasteiger partial charge in [-0.05, 0) is 31.0 Å². The van der Waals surface area contributed by atoms with Gasteiger partial charge in [-0.1, -0.05) is 30.3 Å². The lowest BCUT2D eigenvalue weighted by atomic mass is 9.80. The number of carbonyl (C=O) groups excluding carboxylic acids is 2. The lowest BCUT2D eigenvalue weighted by Gasteiger charge is -2.32. The summed E-state index contributed by atoms with van der Waals surface area (Å²) in [6.45, 7) is 3.22. The third-order valence-electron chi connectivity index (χ3n) is 6.38. The number of rotatable bonds is 11. The number of ether oxygens (including phenoxy) is 4. The maximum atomic E-state index is 14.1. The highest BCUT2D eigenvalue weighted by molar-refractivity contribution is 6.00. The van der Waals surface area contributed by atoms with Crippen molar-refractivity contribution in [3.63, 3.8) is 0 Å². The average molecular weight is 577 g/mol. The van der Waals surface area contributed by atoms with Crippen molar-refractivity contribution in [2.24, 2.45) is 0 Å². The van der Waals surface area contributed by atoms with E-state index in [0.29, 0.717) is 19.0 Å². The van der Waals surface area contributed by atoms with Gasteiger partial charge in [-0.25, -0.2) is 9.59 Å². The van der Waals surface area contributed by atoms with Gasteiger partial charge in [0.1, 0.15) is 24.2 Å². The molecule has 1 N–H and O–H groups in total. The van der Waals surface area contributed by atoms with Crippen molar-refractivity contribution in [2.75, 3.05) is 26.4 Å². The summed E-state index contributed by atoms with van der Waals surface area (Å²) in [5.41, 5.74) is -2.65. The number of hydrogen-bond acceptors (Lipinski definition) is 9. The Morgan fingerprint density at radius 1 is 1.10 bits per heavy atom. The fourth-order valence-corrected chi connectivity index (χ4v) is 4.43. The second-order valence-corrected chi connectivity index (χ2v) is 9.22. The minimum atomic E-state index is -5.03. The van der Waals surface area contributed by atoms with E-state index in [4.69, 9.17) is 18.9 Å². The molecule has 10 nitrogen and oxygen atoms in total. The molecule has 41 heavy (non-hydrogen) atoms. The summed E-state index contributed by atoms with van der Waals surface area (Å²) >= 11 is 0. The van der Waals surface area contributed by atoms with Gasteiger partial charge >= 0.3 is 18.1 Å². The van der Waals surface area contributed by atoms with Crippen LogP contribution in [0.4, 0.5) is 18.9 Å². The smallest absolute Gasteiger partial charge is 0.431 e. The number of esters is 2. The second kappa shape index (κ2) is 12.4. The van der Waals surface area contributed by atoms with Crippen LogP contribution in [0.15, 0.2) is 71.1 Å². The van der Waals surface area contributed by atoms with Crippen molar-refractivity contribution < 1.29 is 46.6 Å². The minimum absolute atomic E-state index is 0.0311. The number of nitro groups is 1. The van der Waals surface area contributed by atoms with Crippen LogP contribution in [0, 0.1) is 10.1 Å². The average Bonchev–Trinajstić information content (AvgIpc) is 3.76. The second-order valence-electron chi connectivity index (χ2n) is 9.22. The number of epoxide rings is 1. The van der Waals surface area contributed by atoms with Gasteiger partial charge in [0.05, 0.1) is 41.8 Å². The molecule has 2 aromatic rings. The fraction of sp³-hybridized carbons (Fsp3) is 0.357. The number of nitro benzene ring substituents is 1. The Hall–Kier alpha value is -4.39. The molecular formula is C28H27F3N2O8. The SMILES string of the molecule is CCOC(=O)C1=C(C(F)(F)F)NC(C)=C(C(=O)OCCc2ccccc2OCC2CO2)C1c1cccc([N+](=O)[O-])c1. The number of carbonyl (C=O) groups is 2. The Morgan fingerprint density at radius 3 is 2.46 bits per heavy atom. The van der Waals surface area contributed by atoms with Crippen molar-refractivity contribution in [1.82, 2.24) is 5.32 Å². The minimum Gasteiger partial charge on any atom is -0.491 e. The first-order valence-corrected chi connectivity index (χ1v) is 12.7. The van der Waals surface area contributed by atoms with Crippen molar-refractivity contribution in [1.29, 1.82) is 0 Å². The molecular weight excluding hydrogens is 549 g/mol. The van der Waals surface area contributed by atoms with Gasteiger partial charge in [0.25, 0.3) is 5.69 Å². The van der Waals surface area contributed by atoms with Gasteiger partial charge in [0.15, 0.2) is 0 Å².